The van der Waals surface area contributed by atoms with Crippen molar-refractivity contribution >= 4 is 0 Å². The number of aromatic nitrogens is 7. The maximum atomic E-state index is 12.9. The first kappa shape index (κ1) is 16.7. The number of benzene rings is 1. The van der Waals surface area contributed by atoms with Crippen molar-refractivity contribution in [2.45, 2.75) is 44.9 Å². The van der Waals surface area contributed by atoms with E-state index in [9.17, 15) is 13.2 Å². The van der Waals surface area contributed by atoms with Crippen LogP contribution in [-0.2, 0) is 13.1 Å². The fourth-order valence-electron chi connectivity index (χ4n) is 2.70. The SMILES string of the molecule is Cc1nnnn1Cc1ccc(-c2nc(C3CC3)nn2CC(F)(F)F)cc1. The van der Waals surface area contributed by atoms with Crippen molar-refractivity contribution in [2.75, 3.05) is 0 Å². The van der Waals surface area contributed by atoms with Crippen LogP contribution in [-0.4, -0.2) is 41.1 Å². The molecule has 1 aliphatic rings. The highest BCUT2D eigenvalue weighted by molar-refractivity contribution is 5.56. The first-order valence-corrected chi connectivity index (χ1v) is 8.22. The molecule has 2 aromatic heterocycles. The molecule has 0 amide bonds. The lowest BCUT2D eigenvalue weighted by Gasteiger charge is -2.09. The minimum atomic E-state index is -4.35. The summed E-state index contributed by atoms with van der Waals surface area (Å²) in [4.78, 5) is 4.36. The Morgan fingerprint density at radius 3 is 2.42 bits per heavy atom. The van der Waals surface area contributed by atoms with Gasteiger partial charge in [0.15, 0.2) is 11.6 Å². The van der Waals surface area contributed by atoms with Crippen LogP contribution in [0.25, 0.3) is 11.4 Å². The molecule has 0 atom stereocenters. The van der Waals surface area contributed by atoms with Gasteiger partial charge in [0.25, 0.3) is 0 Å². The van der Waals surface area contributed by atoms with E-state index in [-0.39, 0.29) is 11.7 Å². The molecule has 0 saturated heterocycles. The van der Waals surface area contributed by atoms with Gasteiger partial charge < -0.3 is 0 Å². The van der Waals surface area contributed by atoms with E-state index in [0.717, 1.165) is 23.1 Å². The average molecular weight is 363 g/mol. The monoisotopic (exact) mass is 363 g/mol. The number of nitrogens with zero attached hydrogens (tertiary/aromatic N) is 7. The van der Waals surface area contributed by atoms with Gasteiger partial charge in [0.1, 0.15) is 12.4 Å². The third-order valence-electron chi connectivity index (χ3n) is 4.22. The maximum absolute atomic E-state index is 12.9. The number of rotatable bonds is 5. The maximum Gasteiger partial charge on any atom is 0.408 e. The standard InChI is InChI=1S/C16H16F3N7/c1-10-21-23-24-25(10)8-11-2-4-13(5-3-11)15-20-14(12-6-7-12)22-26(15)9-16(17,18)19/h2-5,12H,6-9H2,1H3. The average Bonchev–Trinajstić information content (AvgIpc) is 3.24. The molecule has 0 aliphatic heterocycles. The zero-order valence-electron chi connectivity index (χ0n) is 14.0. The second-order valence-electron chi connectivity index (χ2n) is 6.42. The van der Waals surface area contributed by atoms with E-state index in [1.54, 1.807) is 23.7 Å². The van der Waals surface area contributed by atoms with Gasteiger partial charge in [-0.15, -0.1) is 5.10 Å². The third-order valence-corrected chi connectivity index (χ3v) is 4.22. The molecule has 1 saturated carbocycles. The largest absolute Gasteiger partial charge is 0.408 e. The second kappa shape index (κ2) is 6.19. The van der Waals surface area contributed by atoms with Gasteiger partial charge in [-0.3, -0.25) is 0 Å². The fraction of sp³-hybridized carbons (Fsp3) is 0.438. The van der Waals surface area contributed by atoms with E-state index in [4.69, 9.17) is 0 Å². The van der Waals surface area contributed by atoms with Crippen LogP contribution in [0.1, 0.15) is 36.0 Å². The molecule has 10 heteroatoms. The highest BCUT2D eigenvalue weighted by atomic mass is 19.4. The molecule has 1 fully saturated rings. The number of halogens is 3. The van der Waals surface area contributed by atoms with Gasteiger partial charge in [0.05, 0.1) is 6.54 Å². The third kappa shape index (κ3) is 3.58. The first-order chi connectivity index (χ1) is 12.4. The zero-order valence-corrected chi connectivity index (χ0v) is 14.0. The molecule has 0 radical (unpaired) electrons. The topological polar surface area (TPSA) is 74.3 Å². The Labute approximate surface area is 146 Å². The van der Waals surface area contributed by atoms with Crippen molar-refractivity contribution in [2.24, 2.45) is 0 Å². The van der Waals surface area contributed by atoms with Gasteiger partial charge in [-0.1, -0.05) is 24.3 Å². The lowest BCUT2D eigenvalue weighted by Crippen LogP contribution is -2.19. The lowest BCUT2D eigenvalue weighted by atomic mass is 10.1. The summed E-state index contributed by atoms with van der Waals surface area (Å²) in [5.41, 5.74) is 1.54. The molecule has 7 nitrogen and oxygen atoms in total. The number of tetrazole rings is 1. The van der Waals surface area contributed by atoms with E-state index >= 15 is 0 Å². The van der Waals surface area contributed by atoms with Crippen LogP contribution in [0, 0.1) is 6.92 Å². The Hall–Kier alpha value is -2.78. The summed E-state index contributed by atoms with van der Waals surface area (Å²) < 4.78 is 41.2. The van der Waals surface area contributed by atoms with Crippen LogP contribution in [0.5, 0.6) is 0 Å². The Morgan fingerprint density at radius 1 is 1.12 bits per heavy atom. The Kier molecular flexibility index (Phi) is 3.97. The molecule has 0 N–H and O–H groups in total. The summed E-state index contributed by atoms with van der Waals surface area (Å²) >= 11 is 0. The predicted octanol–water partition coefficient (Wildman–Crippen LogP) is 2.73. The second-order valence-corrected chi connectivity index (χ2v) is 6.42. The van der Waals surface area contributed by atoms with Crippen LogP contribution in [0.4, 0.5) is 13.2 Å². The lowest BCUT2D eigenvalue weighted by molar-refractivity contribution is -0.142. The van der Waals surface area contributed by atoms with E-state index in [1.165, 1.54) is 0 Å². The van der Waals surface area contributed by atoms with Crippen molar-refractivity contribution in [3.05, 3.63) is 41.5 Å². The molecule has 0 bridgehead atoms. The number of alkyl halides is 3. The highest BCUT2D eigenvalue weighted by Gasteiger charge is 2.33. The van der Waals surface area contributed by atoms with E-state index in [1.807, 2.05) is 12.1 Å². The van der Waals surface area contributed by atoms with Crippen molar-refractivity contribution in [3.8, 4) is 11.4 Å². The summed E-state index contributed by atoms with van der Waals surface area (Å²) in [6.45, 7) is 1.14. The molecule has 4 rings (SSSR count). The molecular weight excluding hydrogens is 347 g/mol. The Balaban J connectivity index is 1.61. The van der Waals surface area contributed by atoms with E-state index < -0.39 is 12.7 Å². The van der Waals surface area contributed by atoms with Gasteiger partial charge in [0.2, 0.25) is 0 Å². The molecule has 1 aromatic carbocycles. The highest BCUT2D eigenvalue weighted by Crippen LogP contribution is 2.39. The smallest absolute Gasteiger partial charge is 0.236 e. The van der Waals surface area contributed by atoms with Crippen molar-refractivity contribution in [1.29, 1.82) is 0 Å². The van der Waals surface area contributed by atoms with Crippen molar-refractivity contribution in [1.82, 2.24) is 35.0 Å². The molecule has 136 valence electrons. The van der Waals surface area contributed by atoms with Gasteiger partial charge in [0, 0.05) is 11.5 Å². The Morgan fingerprint density at radius 2 is 1.85 bits per heavy atom. The number of hydrogen-bond donors (Lipinski definition) is 0. The van der Waals surface area contributed by atoms with Gasteiger partial charge in [-0.25, -0.2) is 14.3 Å². The minimum absolute atomic E-state index is 0.185. The predicted molar refractivity (Wildman–Crippen MR) is 85.1 cm³/mol. The normalized spacial score (nSPS) is 14.8. The molecule has 26 heavy (non-hydrogen) atoms. The first-order valence-electron chi connectivity index (χ1n) is 8.22. The van der Waals surface area contributed by atoms with Crippen LogP contribution in [0.3, 0.4) is 0 Å². The molecule has 0 spiro atoms. The fourth-order valence-corrected chi connectivity index (χ4v) is 2.70. The van der Waals surface area contributed by atoms with E-state index in [2.05, 4.69) is 25.6 Å². The summed E-state index contributed by atoms with van der Waals surface area (Å²) in [5.74, 6) is 1.62. The molecule has 0 unspecified atom stereocenters. The van der Waals surface area contributed by atoms with Crippen LogP contribution >= 0.6 is 0 Å². The zero-order chi connectivity index (χ0) is 18.3. The summed E-state index contributed by atoms with van der Waals surface area (Å²) in [6.07, 6.45) is -2.49. The van der Waals surface area contributed by atoms with Crippen LogP contribution < -0.4 is 0 Å². The van der Waals surface area contributed by atoms with Gasteiger partial charge in [-0.05, 0) is 35.8 Å². The minimum Gasteiger partial charge on any atom is -0.236 e. The molecule has 1 aliphatic carbocycles. The Bertz CT molecular complexity index is 907. The van der Waals surface area contributed by atoms with Crippen molar-refractivity contribution < 1.29 is 13.2 Å². The van der Waals surface area contributed by atoms with E-state index in [0.29, 0.717) is 23.8 Å². The summed E-state index contributed by atoms with van der Waals surface area (Å²) in [5, 5.41) is 15.4. The van der Waals surface area contributed by atoms with Gasteiger partial charge >= 0.3 is 6.18 Å². The molecule has 2 heterocycles. The molecule has 3 aromatic rings. The summed E-state index contributed by atoms with van der Waals surface area (Å²) in [7, 11) is 0. The molecular formula is C16H16F3N7. The summed E-state index contributed by atoms with van der Waals surface area (Å²) in [6, 6.07) is 7.17. The van der Waals surface area contributed by atoms with Gasteiger partial charge in [-0.2, -0.15) is 18.3 Å². The number of aryl methyl sites for hydroxylation is 1. The van der Waals surface area contributed by atoms with Crippen LogP contribution in [0.2, 0.25) is 0 Å². The van der Waals surface area contributed by atoms with Crippen LogP contribution in [0.15, 0.2) is 24.3 Å². The number of hydrogen-bond acceptors (Lipinski definition) is 5. The van der Waals surface area contributed by atoms with Crippen molar-refractivity contribution in [3.63, 3.8) is 0 Å². The quantitative estimate of drug-likeness (QED) is 0.697.